The Kier molecular flexibility index (Phi) is 3.74. The maximum Gasteiger partial charge on any atom is 0.159 e. The molecule has 0 radical (unpaired) electrons. The van der Waals surface area contributed by atoms with E-state index in [1.807, 2.05) is 38.1 Å². The van der Waals surface area contributed by atoms with Crippen LogP contribution in [0.25, 0.3) is 0 Å². The molecule has 0 bridgehead atoms. The van der Waals surface area contributed by atoms with E-state index >= 15 is 0 Å². The number of rotatable bonds is 4. The number of aryl methyl sites for hydroxylation is 2. The first-order chi connectivity index (χ1) is 8.97. The van der Waals surface area contributed by atoms with Gasteiger partial charge in [-0.3, -0.25) is 4.79 Å². The first-order valence-electron chi connectivity index (χ1n) is 6.42. The van der Waals surface area contributed by atoms with Crippen LogP contribution in [-0.4, -0.2) is 5.78 Å². The Morgan fingerprint density at radius 1 is 1.21 bits per heavy atom. The monoisotopic (exact) mass is 257 g/mol. The van der Waals surface area contributed by atoms with E-state index in [9.17, 15) is 4.79 Å². The average molecular weight is 257 g/mol. The van der Waals surface area contributed by atoms with Gasteiger partial charge in [0, 0.05) is 16.8 Å². The molecule has 0 aliphatic heterocycles. The molecule has 2 aromatic rings. The van der Waals surface area contributed by atoms with Gasteiger partial charge in [0.1, 0.15) is 11.5 Å². The summed E-state index contributed by atoms with van der Waals surface area (Å²) in [6.07, 6.45) is 0. The van der Waals surface area contributed by atoms with Gasteiger partial charge in [0.2, 0.25) is 0 Å². The van der Waals surface area contributed by atoms with E-state index in [2.05, 4.69) is 18.3 Å². The van der Waals surface area contributed by atoms with E-state index in [0.29, 0.717) is 0 Å². The molecule has 1 heterocycles. The molecule has 0 saturated heterocycles. The minimum Gasteiger partial charge on any atom is -0.466 e. The number of benzene rings is 1. The smallest absolute Gasteiger partial charge is 0.159 e. The highest BCUT2D eigenvalue weighted by molar-refractivity contribution is 5.94. The molecule has 19 heavy (non-hydrogen) atoms. The Morgan fingerprint density at radius 3 is 2.32 bits per heavy atom. The van der Waals surface area contributed by atoms with Crippen molar-refractivity contribution >= 4 is 11.5 Å². The molecule has 2 rings (SSSR count). The number of carbonyl (C=O) groups excluding carboxylic acids is 1. The summed E-state index contributed by atoms with van der Waals surface area (Å²) in [5.74, 6) is 1.95. The standard InChI is InChI=1S/C16H19NO2/c1-10-9-16(13(4)19-10)11(2)17-15-7-5-14(6-8-15)12(3)18/h5-9,11,17H,1-4H3. The van der Waals surface area contributed by atoms with Gasteiger partial charge < -0.3 is 9.73 Å². The molecule has 3 heteroatoms. The fraction of sp³-hybridized carbons (Fsp3) is 0.312. The Bertz CT molecular complexity index is 581. The van der Waals surface area contributed by atoms with Crippen molar-refractivity contribution in [2.45, 2.75) is 33.7 Å². The molecular weight excluding hydrogens is 238 g/mol. The van der Waals surface area contributed by atoms with Crippen molar-refractivity contribution in [3.8, 4) is 0 Å². The predicted octanol–water partition coefficient (Wildman–Crippen LogP) is 4.27. The minimum atomic E-state index is 0.0842. The molecule has 100 valence electrons. The maximum absolute atomic E-state index is 11.2. The number of furan rings is 1. The summed E-state index contributed by atoms with van der Waals surface area (Å²) in [6, 6.07) is 9.75. The lowest BCUT2D eigenvalue weighted by atomic mass is 10.1. The highest BCUT2D eigenvalue weighted by Crippen LogP contribution is 2.25. The second kappa shape index (κ2) is 5.31. The second-order valence-electron chi connectivity index (χ2n) is 4.87. The Labute approximate surface area is 113 Å². The van der Waals surface area contributed by atoms with Crippen molar-refractivity contribution in [1.82, 2.24) is 0 Å². The third kappa shape index (κ3) is 3.05. The van der Waals surface area contributed by atoms with Crippen LogP contribution in [0, 0.1) is 13.8 Å². The Hall–Kier alpha value is -2.03. The van der Waals surface area contributed by atoms with Gasteiger partial charge in [-0.2, -0.15) is 0 Å². The third-order valence-corrected chi connectivity index (χ3v) is 3.22. The molecule has 0 aliphatic carbocycles. The van der Waals surface area contributed by atoms with Crippen molar-refractivity contribution in [2.75, 3.05) is 5.32 Å². The van der Waals surface area contributed by atoms with Crippen LogP contribution in [0.2, 0.25) is 0 Å². The molecule has 0 saturated carbocycles. The Balaban J connectivity index is 2.12. The van der Waals surface area contributed by atoms with E-state index < -0.39 is 0 Å². The topological polar surface area (TPSA) is 42.2 Å². The van der Waals surface area contributed by atoms with Crippen LogP contribution in [0.5, 0.6) is 0 Å². The number of hydrogen-bond donors (Lipinski definition) is 1. The SMILES string of the molecule is CC(=O)c1ccc(NC(C)c2cc(C)oc2C)cc1. The summed E-state index contributed by atoms with van der Waals surface area (Å²) in [4.78, 5) is 11.2. The van der Waals surface area contributed by atoms with E-state index in [4.69, 9.17) is 4.42 Å². The quantitative estimate of drug-likeness (QED) is 0.831. The van der Waals surface area contributed by atoms with Crippen molar-refractivity contribution in [3.05, 3.63) is 53.0 Å². The fourth-order valence-corrected chi connectivity index (χ4v) is 2.21. The van der Waals surface area contributed by atoms with Crippen LogP contribution in [0.3, 0.4) is 0 Å². The molecule has 1 atom stereocenters. The molecule has 0 spiro atoms. The summed E-state index contributed by atoms with van der Waals surface area (Å²) in [5, 5.41) is 3.41. The molecule has 1 aromatic carbocycles. The fourth-order valence-electron chi connectivity index (χ4n) is 2.21. The van der Waals surface area contributed by atoms with Crippen LogP contribution in [0.4, 0.5) is 5.69 Å². The number of carbonyl (C=O) groups is 1. The van der Waals surface area contributed by atoms with E-state index in [-0.39, 0.29) is 11.8 Å². The van der Waals surface area contributed by atoms with E-state index in [0.717, 1.165) is 28.3 Å². The van der Waals surface area contributed by atoms with Crippen LogP contribution in [0.1, 0.15) is 47.3 Å². The van der Waals surface area contributed by atoms with Gasteiger partial charge in [-0.1, -0.05) is 0 Å². The minimum absolute atomic E-state index is 0.0842. The first kappa shape index (κ1) is 13.4. The van der Waals surface area contributed by atoms with Crippen molar-refractivity contribution in [1.29, 1.82) is 0 Å². The number of nitrogens with one attached hydrogen (secondary N) is 1. The van der Waals surface area contributed by atoms with E-state index in [1.165, 1.54) is 0 Å². The van der Waals surface area contributed by atoms with Crippen LogP contribution in [-0.2, 0) is 0 Å². The number of ketones is 1. The first-order valence-corrected chi connectivity index (χ1v) is 6.42. The zero-order valence-electron chi connectivity index (χ0n) is 11.8. The summed E-state index contributed by atoms with van der Waals surface area (Å²) < 4.78 is 5.54. The molecule has 1 N–H and O–H groups in total. The highest BCUT2D eigenvalue weighted by Gasteiger charge is 2.12. The predicted molar refractivity (Wildman–Crippen MR) is 76.7 cm³/mol. The lowest BCUT2D eigenvalue weighted by Gasteiger charge is -2.14. The summed E-state index contributed by atoms with van der Waals surface area (Å²) >= 11 is 0. The third-order valence-electron chi connectivity index (χ3n) is 3.22. The molecule has 1 unspecified atom stereocenters. The molecule has 0 amide bonds. The molecule has 1 aromatic heterocycles. The summed E-state index contributed by atoms with van der Waals surface area (Å²) in [6.45, 7) is 7.59. The number of Topliss-reactive ketones (excluding diaryl/α,β-unsaturated/α-hetero) is 1. The van der Waals surface area contributed by atoms with Crippen LogP contribution in [0.15, 0.2) is 34.7 Å². The average Bonchev–Trinajstić information content (AvgIpc) is 2.69. The van der Waals surface area contributed by atoms with Gasteiger partial charge in [0.05, 0.1) is 6.04 Å². The summed E-state index contributed by atoms with van der Waals surface area (Å²) in [7, 11) is 0. The second-order valence-corrected chi connectivity index (χ2v) is 4.87. The summed E-state index contributed by atoms with van der Waals surface area (Å²) in [5.41, 5.74) is 2.89. The Morgan fingerprint density at radius 2 is 1.84 bits per heavy atom. The largest absolute Gasteiger partial charge is 0.466 e. The van der Waals surface area contributed by atoms with Gasteiger partial charge in [0.25, 0.3) is 0 Å². The van der Waals surface area contributed by atoms with Gasteiger partial charge >= 0.3 is 0 Å². The lowest BCUT2D eigenvalue weighted by molar-refractivity contribution is 0.101. The van der Waals surface area contributed by atoms with Gasteiger partial charge in [-0.25, -0.2) is 0 Å². The number of hydrogen-bond acceptors (Lipinski definition) is 3. The van der Waals surface area contributed by atoms with Crippen molar-refractivity contribution < 1.29 is 9.21 Å². The van der Waals surface area contributed by atoms with Crippen LogP contribution >= 0.6 is 0 Å². The molecule has 0 aliphatic rings. The maximum atomic E-state index is 11.2. The molecular formula is C16H19NO2. The zero-order chi connectivity index (χ0) is 14.0. The normalized spacial score (nSPS) is 12.2. The molecule has 3 nitrogen and oxygen atoms in total. The van der Waals surface area contributed by atoms with E-state index in [1.54, 1.807) is 6.92 Å². The lowest BCUT2D eigenvalue weighted by Crippen LogP contribution is -2.07. The van der Waals surface area contributed by atoms with Crippen molar-refractivity contribution in [3.63, 3.8) is 0 Å². The van der Waals surface area contributed by atoms with Gasteiger partial charge in [0.15, 0.2) is 5.78 Å². The molecule has 0 fully saturated rings. The number of anilines is 1. The van der Waals surface area contributed by atoms with Gasteiger partial charge in [-0.05, 0) is 58.0 Å². The van der Waals surface area contributed by atoms with Gasteiger partial charge in [-0.15, -0.1) is 0 Å². The van der Waals surface area contributed by atoms with Crippen molar-refractivity contribution in [2.24, 2.45) is 0 Å². The zero-order valence-corrected chi connectivity index (χ0v) is 11.8. The van der Waals surface area contributed by atoms with Crippen LogP contribution < -0.4 is 5.32 Å². The highest BCUT2D eigenvalue weighted by atomic mass is 16.3.